The molecule has 0 saturated heterocycles. The lowest BCUT2D eigenvalue weighted by molar-refractivity contribution is -0.114. The second-order valence-corrected chi connectivity index (χ2v) is 8.19. The van der Waals surface area contributed by atoms with Gasteiger partial charge in [0.1, 0.15) is 11.5 Å². The van der Waals surface area contributed by atoms with E-state index in [1.54, 1.807) is 25.1 Å². The summed E-state index contributed by atoms with van der Waals surface area (Å²) in [6.45, 7) is 1.71. The Balaban J connectivity index is 1.63. The molecule has 2 aromatic carbocycles. The lowest BCUT2D eigenvalue weighted by Gasteiger charge is -2.12. The van der Waals surface area contributed by atoms with Crippen LogP contribution in [0.5, 0.6) is 0 Å². The third-order valence-electron chi connectivity index (χ3n) is 4.53. The fourth-order valence-corrected chi connectivity index (χ4v) is 3.57. The first kappa shape index (κ1) is 20.4. The predicted octanol–water partition coefficient (Wildman–Crippen LogP) is 5.71. The summed E-state index contributed by atoms with van der Waals surface area (Å²) >= 11 is 8.15. The first-order valence-corrected chi connectivity index (χ1v) is 10.3. The number of amides is 1. The van der Waals surface area contributed by atoms with Crippen LogP contribution in [0.2, 0.25) is 5.02 Å². The highest BCUT2D eigenvalue weighted by Crippen LogP contribution is 2.30. The monoisotopic (exact) mass is 532 g/mol. The third-order valence-corrected chi connectivity index (χ3v) is 5.58. The Morgan fingerprint density at radius 2 is 1.90 bits per heavy atom. The number of anilines is 1. The molecule has 0 spiro atoms. The topological polar surface area (TPSA) is 83.1 Å². The van der Waals surface area contributed by atoms with Crippen molar-refractivity contribution in [1.29, 1.82) is 0 Å². The van der Waals surface area contributed by atoms with Gasteiger partial charge in [-0.05, 0) is 78.1 Å². The SMILES string of the molecule is CC1=NN(c2ccc(Cl)c(C(=O)O)c2)C(=O)/C1=C\c1ccc(-c2ccc(I)cc2)o1. The normalized spacial score (nSPS) is 15.0. The predicted molar refractivity (Wildman–Crippen MR) is 124 cm³/mol. The minimum absolute atomic E-state index is 0.0908. The number of benzene rings is 2. The molecule has 1 aliphatic heterocycles. The molecular weight excluding hydrogens is 519 g/mol. The second-order valence-electron chi connectivity index (χ2n) is 6.54. The number of hydrogen-bond acceptors (Lipinski definition) is 4. The number of nitrogens with zero attached hydrogens (tertiary/aromatic N) is 2. The number of halogens is 2. The lowest BCUT2D eigenvalue weighted by atomic mass is 10.1. The van der Waals surface area contributed by atoms with Crippen LogP contribution >= 0.6 is 34.2 Å². The van der Waals surface area contributed by atoms with Crippen molar-refractivity contribution < 1.29 is 19.1 Å². The fraction of sp³-hybridized carbons (Fsp3) is 0.0455. The number of carboxylic acids is 1. The molecule has 2 heterocycles. The Kier molecular flexibility index (Phi) is 5.48. The van der Waals surface area contributed by atoms with Gasteiger partial charge in [-0.15, -0.1) is 0 Å². The molecule has 0 atom stereocenters. The number of rotatable bonds is 4. The van der Waals surface area contributed by atoms with E-state index in [0.717, 1.165) is 14.1 Å². The summed E-state index contributed by atoms with van der Waals surface area (Å²) in [6, 6.07) is 15.8. The molecule has 1 aromatic heterocycles. The van der Waals surface area contributed by atoms with Gasteiger partial charge in [0.2, 0.25) is 0 Å². The zero-order valence-corrected chi connectivity index (χ0v) is 18.5. The van der Waals surface area contributed by atoms with Gasteiger partial charge in [0, 0.05) is 9.13 Å². The van der Waals surface area contributed by atoms with Crippen molar-refractivity contribution in [3.63, 3.8) is 0 Å². The minimum Gasteiger partial charge on any atom is -0.478 e. The van der Waals surface area contributed by atoms with Crippen molar-refractivity contribution >= 4 is 63.5 Å². The van der Waals surface area contributed by atoms with E-state index in [1.807, 2.05) is 30.3 Å². The molecule has 1 amide bonds. The molecule has 150 valence electrons. The Labute approximate surface area is 190 Å². The molecule has 1 N–H and O–H groups in total. The van der Waals surface area contributed by atoms with Crippen LogP contribution in [0.15, 0.2) is 69.7 Å². The Morgan fingerprint density at radius 1 is 1.17 bits per heavy atom. The minimum atomic E-state index is -1.18. The zero-order chi connectivity index (χ0) is 21.4. The van der Waals surface area contributed by atoms with E-state index in [4.69, 9.17) is 16.0 Å². The number of carboxylic acid groups (broad SMARTS) is 1. The van der Waals surface area contributed by atoms with E-state index in [-0.39, 0.29) is 16.5 Å². The highest BCUT2D eigenvalue weighted by atomic mass is 127. The largest absolute Gasteiger partial charge is 0.478 e. The van der Waals surface area contributed by atoms with Gasteiger partial charge >= 0.3 is 5.97 Å². The summed E-state index contributed by atoms with van der Waals surface area (Å²) in [5.41, 5.74) is 2.03. The van der Waals surface area contributed by atoms with Crippen molar-refractivity contribution in [2.24, 2.45) is 5.10 Å². The average molecular weight is 533 g/mol. The van der Waals surface area contributed by atoms with E-state index in [1.165, 1.54) is 12.1 Å². The van der Waals surface area contributed by atoms with Crippen LogP contribution in [0.1, 0.15) is 23.0 Å². The quantitative estimate of drug-likeness (QED) is 0.345. The highest BCUT2D eigenvalue weighted by molar-refractivity contribution is 14.1. The first-order valence-electron chi connectivity index (χ1n) is 8.84. The van der Waals surface area contributed by atoms with Crippen LogP contribution in [-0.4, -0.2) is 22.7 Å². The van der Waals surface area contributed by atoms with Crippen LogP contribution in [0.4, 0.5) is 5.69 Å². The first-order chi connectivity index (χ1) is 14.3. The summed E-state index contributed by atoms with van der Waals surface area (Å²) in [5.74, 6) is -0.341. The second kappa shape index (κ2) is 8.08. The smallest absolute Gasteiger partial charge is 0.337 e. The summed E-state index contributed by atoms with van der Waals surface area (Å²) in [5, 5.41) is 14.8. The number of hydrazone groups is 1. The molecule has 0 unspecified atom stereocenters. The van der Waals surface area contributed by atoms with Gasteiger partial charge in [0.15, 0.2) is 0 Å². The molecule has 30 heavy (non-hydrogen) atoms. The van der Waals surface area contributed by atoms with E-state index in [2.05, 4.69) is 27.7 Å². The van der Waals surface area contributed by atoms with Crippen LogP contribution < -0.4 is 5.01 Å². The Hall–Kier alpha value is -2.91. The molecule has 0 fully saturated rings. The van der Waals surface area contributed by atoms with E-state index >= 15 is 0 Å². The van der Waals surface area contributed by atoms with Crippen molar-refractivity contribution in [3.8, 4) is 11.3 Å². The van der Waals surface area contributed by atoms with Crippen molar-refractivity contribution in [2.75, 3.05) is 5.01 Å². The Bertz CT molecular complexity index is 1230. The number of hydrogen-bond donors (Lipinski definition) is 1. The lowest BCUT2D eigenvalue weighted by Crippen LogP contribution is -2.21. The number of aromatic carboxylic acids is 1. The maximum absolute atomic E-state index is 12.9. The van der Waals surface area contributed by atoms with Crippen molar-refractivity contribution in [3.05, 3.63) is 80.1 Å². The third kappa shape index (κ3) is 3.90. The number of carbonyl (C=O) groups is 2. The maximum Gasteiger partial charge on any atom is 0.337 e. The van der Waals surface area contributed by atoms with Crippen LogP contribution in [0, 0.1) is 3.57 Å². The van der Waals surface area contributed by atoms with Crippen LogP contribution in [0.25, 0.3) is 17.4 Å². The summed E-state index contributed by atoms with van der Waals surface area (Å²) in [7, 11) is 0. The van der Waals surface area contributed by atoms with Gasteiger partial charge in [-0.3, -0.25) is 4.79 Å². The molecular formula is C22H14ClIN2O4. The summed E-state index contributed by atoms with van der Waals surface area (Å²) in [4.78, 5) is 24.3. The molecule has 4 rings (SSSR count). The summed E-state index contributed by atoms with van der Waals surface area (Å²) < 4.78 is 7.00. The zero-order valence-electron chi connectivity index (χ0n) is 15.6. The number of furan rings is 1. The van der Waals surface area contributed by atoms with Gasteiger partial charge in [-0.2, -0.15) is 10.1 Å². The van der Waals surface area contributed by atoms with Crippen LogP contribution in [-0.2, 0) is 4.79 Å². The molecule has 0 bridgehead atoms. The van der Waals surface area contributed by atoms with Gasteiger partial charge in [0.05, 0.1) is 27.6 Å². The highest BCUT2D eigenvalue weighted by Gasteiger charge is 2.30. The molecule has 6 nitrogen and oxygen atoms in total. The van der Waals surface area contributed by atoms with Gasteiger partial charge in [-0.25, -0.2) is 4.79 Å². The fourth-order valence-electron chi connectivity index (χ4n) is 3.01. The molecule has 0 radical (unpaired) electrons. The van der Waals surface area contributed by atoms with Gasteiger partial charge < -0.3 is 9.52 Å². The molecule has 1 aliphatic rings. The number of carbonyl (C=O) groups excluding carboxylic acids is 1. The average Bonchev–Trinajstić information content (AvgIpc) is 3.29. The van der Waals surface area contributed by atoms with Gasteiger partial charge in [-0.1, -0.05) is 23.7 Å². The van der Waals surface area contributed by atoms with E-state index in [0.29, 0.717) is 28.5 Å². The summed E-state index contributed by atoms with van der Waals surface area (Å²) in [6.07, 6.45) is 1.63. The van der Waals surface area contributed by atoms with E-state index < -0.39 is 5.97 Å². The molecule has 3 aromatic rings. The standard InChI is InChI=1S/C22H14ClIN2O4/c1-12-17(11-16-7-9-20(30-16)13-2-4-14(24)5-3-13)21(27)26(25-12)15-6-8-19(23)18(10-15)22(28)29/h2-11H,1H3,(H,28,29)/b17-11-. The van der Waals surface area contributed by atoms with Crippen molar-refractivity contribution in [2.45, 2.75) is 6.92 Å². The molecule has 0 saturated carbocycles. The van der Waals surface area contributed by atoms with Crippen molar-refractivity contribution in [1.82, 2.24) is 0 Å². The molecule has 0 aliphatic carbocycles. The maximum atomic E-state index is 12.9. The van der Waals surface area contributed by atoms with Crippen LogP contribution in [0.3, 0.4) is 0 Å². The van der Waals surface area contributed by atoms with Gasteiger partial charge in [0.25, 0.3) is 5.91 Å². The van der Waals surface area contributed by atoms with E-state index in [9.17, 15) is 14.7 Å². The Morgan fingerprint density at radius 3 is 2.60 bits per heavy atom. The molecule has 8 heteroatoms.